The number of piperidine rings is 1. The Labute approximate surface area is 164 Å². The minimum Gasteiger partial charge on any atom is -0.493 e. The molecule has 2 atom stereocenters. The number of halogens is 1. The SMILES string of the molecule is COc1cc2c(cc1OC)C1CC(NC(=O)c3ccc(F)cc3)CCN1CC2. The molecule has 1 N–H and O–H groups in total. The highest BCUT2D eigenvalue weighted by Gasteiger charge is 2.35. The Hall–Kier alpha value is -2.60. The summed E-state index contributed by atoms with van der Waals surface area (Å²) in [6, 6.07) is 10.2. The monoisotopic (exact) mass is 384 g/mol. The maximum atomic E-state index is 13.1. The second-order valence-electron chi connectivity index (χ2n) is 7.41. The topological polar surface area (TPSA) is 50.8 Å². The fourth-order valence-corrected chi connectivity index (χ4v) is 4.33. The Morgan fingerprint density at radius 2 is 1.82 bits per heavy atom. The molecule has 0 saturated carbocycles. The van der Waals surface area contributed by atoms with Crippen LogP contribution in [0.4, 0.5) is 4.39 Å². The molecular weight excluding hydrogens is 359 g/mol. The summed E-state index contributed by atoms with van der Waals surface area (Å²) in [4.78, 5) is 15.0. The average molecular weight is 384 g/mol. The normalized spacial score (nSPS) is 21.4. The van der Waals surface area contributed by atoms with Gasteiger partial charge in [0.1, 0.15) is 5.82 Å². The molecule has 1 amide bonds. The van der Waals surface area contributed by atoms with Crippen LogP contribution in [0.3, 0.4) is 0 Å². The van der Waals surface area contributed by atoms with Gasteiger partial charge in [0.25, 0.3) is 5.91 Å². The molecule has 0 spiro atoms. The molecular formula is C22H25FN2O3. The van der Waals surface area contributed by atoms with Crippen molar-refractivity contribution in [2.75, 3.05) is 27.3 Å². The number of methoxy groups -OCH3 is 2. The summed E-state index contributed by atoms with van der Waals surface area (Å²) in [7, 11) is 3.30. The van der Waals surface area contributed by atoms with Crippen LogP contribution in [0.1, 0.15) is 40.4 Å². The highest BCUT2D eigenvalue weighted by Crippen LogP contribution is 2.41. The number of benzene rings is 2. The molecule has 1 fully saturated rings. The first-order valence-corrected chi connectivity index (χ1v) is 9.64. The lowest BCUT2D eigenvalue weighted by atomic mass is 9.84. The molecule has 2 aliphatic rings. The van der Waals surface area contributed by atoms with Gasteiger partial charge in [0, 0.05) is 30.7 Å². The summed E-state index contributed by atoms with van der Waals surface area (Å²) < 4.78 is 24.0. The van der Waals surface area contributed by atoms with E-state index in [1.54, 1.807) is 14.2 Å². The van der Waals surface area contributed by atoms with Crippen LogP contribution in [-0.4, -0.2) is 44.2 Å². The van der Waals surface area contributed by atoms with Crippen molar-refractivity contribution in [3.8, 4) is 11.5 Å². The highest BCUT2D eigenvalue weighted by molar-refractivity contribution is 5.94. The number of nitrogens with zero attached hydrogens (tertiary/aromatic N) is 1. The van der Waals surface area contributed by atoms with E-state index >= 15 is 0 Å². The predicted molar refractivity (Wildman–Crippen MR) is 104 cm³/mol. The Morgan fingerprint density at radius 1 is 1.11 bits per heavy atom. The number of ether oxygens (including phenoxy) is 2. The molecule has 2 unspecified atom stereocenters. The van der Waals surface area contributed by atoms with Crippen LogP contribution in [0.25, 0.3) is 0 Å². The van der Waals surface area contributed by atoms with E-state index in [2.05, 4.69) is 22.3 Å². The molecule has 1 saturated heterocycles. The van der Waals surface area contributed by atoms with Gasteiger partial charge in [0.15, 0.2) is 11.5 Å². The number of nitrogens with one attached hydrogen (secondary N) is 1. The van der Waals surface area contributed by atoms with Crippen LogP contribution < -0.4 is 14.8 Å². The van der Waals surface area contributed by atoms with E-state index < -0.39 is 0 Å². The summed E-state index contributed by atoms with van der Waals surface area (Å²) in [6.45, 7) is 1.94. The number of rotatable bonds is 4. The molecule has 2 heterocycles. The zero-order valence-electron chi connectivity index (χ0n) is 16.2. The first-order chi connectivity index (χ1) is 13.6. The number of carbonyl (C=O) groups is 1. The van der Waals surface area contributed by atoms with Crippen LogP contribution in [-0.2, 0) is 6.42 Å². The fourth-order valence-electron chi connectivity index (χ4n) is 4.33. The van der Waals surface area contributed by atoms with Gasteiger partial charge in [0.2, 0.25) is 0 Å². The first kappa shape index (κ1) is 18.7. The molecule has 2 aromatic rings. The van der Waals surface area contributed by atoms with Crippen molar-refractivity contribution in [1.82, 2.24) is 10.2 Å². The minimum absolute atomic E-state index is 0.0813. The predicted octanol–water partition coefficient (Wildman–Crippen LogP) is 3.33. The number of hydrogen-bond donors (Lipinski definition) is 1. The molecule has 6 heteroatoms. The fraction of sp³-hybridized carbons (Fsp3) is 0.409. The molecule has 148 valence electrons. The van der Waals surface area contributed by atoms with Crippen molar-refractivity contribution in [2.45, 2.75) is 31.3 Å². The van der Waals surface area contributed by atoms with Gasteiger partial charge < -0.3 is 14.8 Å². The average Bonchev–Trinajstić information content (AvgIpc) is 2.73. The Morgan fingerprint density at radius 3 is 2.54 bits per heavy atom. The maximum Gasteiger partial charge on any atom is 0.251 e. The Bertz CT molecular complexity index is 869. The quantitative estimate of drug-likeness (QED) is 0.879. The third-order valence-electron chi connectivity index (χ3n) is 5.83. The van der Waals surface area contributed by atoms with Crippen molar-refractivity contribution in [1.29, 1.82) is 0 Å². The Balaban J connectivity index is 1.52. The first-order valence-electron chi connectivity index (χ1n) is 9.64. The van der Waals surface area contributed by atoms with Crippen LogP contribution >= 0.6 is 0 Å². The van der Waals surface area contributed by atoms with Gasteiger partial charge in [-0.15, -0.1) is 0 Å². The smallest absolute Gasteiger partial charge is 0.251 e. The second kappa shape index (κ2) is 7.80. The molecule has 0 aromatic heterocycles. The van der Waals surface area contributed by atoms with E-state index in [1.807, 2.05) is 0 Å². The van der Waals surface area contributed by atoms with Crippen LogP contribution in [0.15, 0.2) is 36.4 Å². The molecule has 0 aliphatic carbocycles. The second-order valence-corrected chi connectivity index (χ2v) is 7.41. The largest absolute Gasteiger partial charge is 0.493 e. The van der Waals surface area contributed by atoms with Gasteiger partial charge in [-0.05, 0) is 66.8 Å². The number of hydrogen-bond acceptors (Lipinski definition) is 4. The third kappa shape index (κ3) is 3.56. The molecule has 0 radical (unpaired) electrons. The molecule has 2 aromatic carbocycles. The summed E-state index contributed by atoms with van der Waals surface area (Å²) in [5.74, 6) is 1.00. The van der Waals surface area contributed by atoms with Crippen molar-refractivity contribution >= 4 is 5.91 Å². The van der Waals surface area contributed by atoms with Crippen LogP contribution in [0.2, 0.25) is 0 Å². The lowest BCUT2D eigenvalue weighted by Gasteiger charge is -2.43. The zero-order valence-corrected chi connectivity index (χ0v) is 16.2. The molecule has 4 rings (SSSR count). The van der Waals surface area contributed by atoms with Gasteiger partial charge in [-0.3, -0.25) is 9.69 Å². The lowest BCUT2D eigenvalue weighted by Crippen LogP contribution is -2.48. The third-order valence-corrected chi connectivity index (χ3v) is 5.83. The van der Waals surface area contributed by atoms with Crippen molar-refractivity contribution < 1.29 is 18.7 Å². The Kier molecular flexibility index (Phi) is 5.22. The molecule has 5 nitrogen and oxygen atoms in total. The van der Waals surface area contributed by atoms with E-state index in [0.717, 1.165) is 43.9 Å². The number of carbonyl (C=O) groups excluding carboxylic acids is 1. The molecule has 0 bridgehead atoms. The van der Waals surface area contributed by atoms with Crippen molar-refractivity contribution in [3.05, 3.63) is 58.9 Å². The maximum absolute atomic E-state index is 13.1. The molecule has 2 aliphatic heterocycles. The van der Waals surface area contributed by atoms with Gasteiger partial charge >= 0.3 is 0 Å². The van der Waals surface area contributed by atoms with Crippen molar-refractivity contribution in [2.24, 2.45) is 0 Å². The van der Waals surface area contributed by atoms with Crippen LogP contribution in [0.5, 0.6) is 11.5 Å². The lowest BCUT2D eigenvalue weighted by molar-refractivity contribution is 0.0843. The summed E-state index contributed by atoms with van der Waals surface area (Å²) >= 11 is 0. The standard InChI is InChI=1S/C22H25FN2O3/c1-27-20-11-15-7-9-25-10-8-17(12-19(25)18(15)13-21(20)28-2)24-22(26)14-3-5-16(23)6-4-14/h3-6,11,13,17,19H,7-10,12H2,1-2H3,(H,24,26). The number of amides is 1. The zero-order chi connectivity index (χ0) is 19.7. The van der Waals surface area contributed by atoms with E-state index in [9.17, 15) is 9.18 Å². The van der Waals surface area contributed by atoms with E-state index in [1.165, 1.54) is 35.4 Å². The highest BCUT2D eigenvalue weighted by atomic mass is 19.1. The van der Waals surface area contributed by atoms with E-state index in [-0.39, 0.29) is 23.8 Å². The van der Waals surface area contributed by atoms with Gasteiger partial charge in [-0.2, -0.15) is 0 Å². The summed E-state index contributed by atoms with van der Waals surface area (Å²) in [6.07, 6.45) is 2.74. The van der Waals surface area contributed by atoms with Gasteiger partial charge in [-0.1, -0.05) is 0 Å². The summed E-state index contributed by atoms with van der Waals surface area (Å²) in [5.41, 5.74) is 3.02. The van der Waals surface area contributed by atoms with Crippen LogP contribution in [0, 0.1) is 5.82 Å². The van der Waals surface area contributed by atoms with Gasteiger partial charge in [0.05, 0.1) is 14.2 Å². The van der Waals surface area contributed by atoms with Crippen molar-refractivity contribution in [3.63, 3.8) is 0 Å². The minimum atomic E-state index is -0.340. The number of fused-ring (bicyclic) bond motifs is 3. The van der Waals surface area contributed by atoms with E-state index in [4.69, 9.17) is 9.47 Å². The molecule has 28 heavy (non-hydrogen) atoms. The summed E-state index contributed by atoms with van der Waals surface area (Å²) in [5, 5.41) is 3.13. The van der Waals surface area contributed by atoms with Gasteiger partial charge in [-0.25, -0.2) is 4.39 Å². The van der Waals surface area contributed by atoms with E-state index in [0.29, 0.717) is 5.56 Å².